The van der Waals surface area contributed by atoms with Gasteiger partial charge >= 0.3 is 0 Å². The Morgan fingerprint density at radius 3 is 1.22 bits per heavy atom. The highest BCUT2D eigenvalue weighted by Gasteiger charge is 2.44. The van der Waals surface area contributed by atoms with Crippen LogP contribution in [0.1, 0.15) is 303 Å². The van der Waals surface area contributed by atoms with Gasteiger partial charge in [0.15, 0.2) is 6.29 Å². The van der Waals surface area contributed by atoms with Crippen LogP contribution in [0.25, 0.3) is 0 Å². The lowest BCUT2D eigenvalue weighted by Gasteiger charge is -2.40. The van der Waals surface area contributed by atoms with Crippen molar-refractivity contribution >= 4 is 5.91 Å². The van der Waals surface area contributed by atoms with Gasteiger partial charge in [0, 0.05) is 6.42 Å². The van der Waals surface area contributed by atoms with Crippen molar-refractivity contribution in [3.63, 3.8) is 0 Å². The highest BCUT2D eigenvalue weighted by Crippen LogP contribution is 2.23. The largest absolute Gasteiger partial charge is 0.394 e. The Balaban J connectivity index is 2.10. The predicted octanol–water partition coefficient (Wildman–Crippen LogP) is 16.5. The van der Waals surface area contributed by atoms with Gasteiger partial charge in [0.2, 0.25) is 5.91 Å². The van der Waals surface area contributed by atoms with Crippen LogP contribution < -0.4 is 5.32 Å². The van der Waals surface area contributed by atoms with E-state index in [1.807, 2.05) is 6.08 Å². The molecule has 0 aromatic rings. The molecule has 0 aliphatic carbocycles. The number of nitrogens with one attached hydrogen (secondary N) is 1. The van der Waals surface area contributed by atoms with E-state index in [0.29, 0.717) is 6.42 Å². The first-order valence-corrected chi connectivity index (χ1v) is 31.9. The van der Waals surface area contributed by atoms with Crippen LogP contribution in [0, 0.1) is 0 Å². The topological polar surface area (TPSA) is 149 Å². The van der Waals surface area contributed by atoms with Crippen LogP contribution in [0.3, 0.4) is 0 Å². The number of carbonyl (C=O) groups is 1. The molecule has 0 aromatic carbocycles. The quantitative estimate of drug-likeness (QED) is 0.0261. The number of carbonyl (C=O) groups excluding carboxylic acids is 1. The fraction of sp³-hybridized carbons (Fsp3) is 0.862. The van der Waals surface area contributed by atoms with Crippen LogP contribution in [-0.4, -0.2) is 87.5 Å². The van der Waals surface area contributed by atoms with Gasteiger partial charge in [-0.3, -0.25) is 4.79 Å². The van der Waals surface area contributed by atoms with Gasteiger partial charge in [0.1, 0.15) is 24.4 Å². The lowest BCUT2D eigenvalue weighted by atomic mass is 9.99. The van der Waals surface area contributed by atoms with Crippen molar-refractivity contribution in [2.24, 2.45) is 0 Å². The third kappa shape index (κ3) is 43.2. The van der Waals surface area contributed by atoms with Gasteiger partial charge in [-0.05, 0) is 64.2 Å². The minimum absolute atomic E-state index is 0.182. The summed E-state index contributed by atoms with van der Waals surface area (Å²) in [7, 11) is 0. The third-order valence-electron chi connectivity index (χ3n) is 15.1. The number of hydrogen-bond donors (Lipinski definition) is 6. The van der Waals surface area contributed by atoms with Crippen LogP contribution >= 0.6 is 0 Å². The minimum Gasteiger partial charge on any atom is -0.394 e. The van der Waals surface area contributed by atoms with E-state index >= 15 is 0 Å². The molecule has 9 heteroatoms. The lowest BCUT2D eigenvalue weighted by Crippen LogP contribution is -2.60. The molecule has 1 aliphatic heterocycles. The summed E-state index contributed by atoms with van der Waals surface area (Å²) in [6, 6.07) is -0.821. The molecule has 6 N–H and O–H groups in total. The van der Waals surface area contributed by atoms with E-state index < -0.39 is 49.5 Å². The Hall–Kier alpha value is -1.85. The molecule has 1 amide bonds. The zero-order valence-electron chi connectivity index (χ0n) is 48.4. The van der Waals surface area contributed by atoms with E-state index in [4.69, 9.17) is 9.47 Å². The van der Waals surface area contributed by atoms with Crippen molar-refractivity contribution in [2.45, 2.75) is 346 Å². The molecular weight excluding hydrogens is 923 g/mol. The zero-order chi connectivity index (χ0) is 53.6. The molecule has 74 heavy (non-hydrogen) atoms. The summed E-state index contributed by atoms with van der Waals surface area (Å²) in [5, 5.41) is 54.5. The fourth-order valence-corrected chi connectivity index (χ4v) is 10.1. The normalized spacial score (nSPS) is 19.3. The van der Waals surface area contributed by atoms with Gasteiger partial charge in [-0.15, -0.1) is 0 Å². The van der Waals surface area contributed by atoms with Crippen LogP contribution in [0.4, 0.5) is 0 Å². The Morgan fingerprint density at radius 1 is 0.459 bits per heavy atom. The standard InChI is InChI=1S/C65H121NO8/c1-3-5-7-9-11-13-15-17-19-21-22-23-24-25-26-27-28-29-30-31-32-33-34-35-36-37-38-39-41-43-45-47-49-51-53-55-61(69)66-58(57-73-65-64(72)63(71)62(70)60(56-67)74-65)59(68)54-52-50-48-46-44-42-40-20-18-16-14-12-10-8-6-4-2/h15,17,21-22,44,46,52,54,58-60,62-65,67-68,70-72H,3-14,16,18-20,23-43,45,47-51,53,55-57H2,1-2H3,(H,66,69)/b17-15-,22-21-,46-44+,54-52+. The molecule has 0 spiro atoms. The number of hydrogen-bond acceptors (Lipinski definition) is 8. The second-order valence-corrected chi connectivity index (χ2v) is 22.2. The Bertz CT molecular complexity index is 1300. The average Bonchev–Trinajstić information content (AvgIpc) is 3.40. The van der Waals surface area contributed by atoms with Gasteiger partial charge in [-0.1, -0.05) is 281 Å². The van der Waals surface area contributed by atoms with Gasteiger partial charge in [0.05, 0.1) is 25.4 Å². The summed E-state index contributed by atoms with van der Waals surface area (Å²) in [5.41, 5.74) is 0. The van der Waals surface area contributed by atoms with Gasteiger partial charge in [-0.2, -0.15) is 0 Å². The van der Waals surface area contributed by atoms with Crippen LogP contribution in [0.15, 0.2) is 48.6 Å². The van der Waals surface area contributed by atoms with Crippen molar-refractivity contribution in [2.75, 3.05) is 13.2 Å². The molecule has 1 rings (SSSR count). The number of allylic oxidation sites excluding steroid dienone is 7. The van der Waals surface area contributed by atoms with Crippen molar-refractivity contribution < 1.29 is 39.8 Å². The molecule has 1 saturated heterocycles. The Labute approximate surface area is 456 Å². The number of rotatable bonds is 55. The SMILES string of the molecule is CCCCCCC/C=C\C/C=C\CCCCCCCCCCCCCCCCCCCCCCCCCC(=O)NC(COC1OC(CO)C(O)C(O)C1O)C(O)/C=C/CC/C=C/CCCCCCCCCCCC. The van der Waals surface area contributed by atoms with E-state index in [2.05, 4.69) is 55.6 Å². The smallest absolute Gasteiger partial charge is 0.220 e. The first kappa shape index (κ1) is 70.2. The van der Waals surface area contributed by atoms with Crippen molar-refractivity contribution in [3.05, 3.63) is 48.6 Å². The maximum absolute atomic E-state index is 13.1. The molecular formula is C65H121NO8. The first-order chi connectivity index (χ1) is 36.3. The van der Waals surface area contributed by atoms with E-state index in [9.17, 15) is 30.3 Å². The monoisotopic (exact) mass is 1040 g/mol. The second kappa shape index (κ2) is 54.5. The maximum Gasteiger partial charge on any atom is 0.220 e. The Kier molecular flexibility index (Phi) is 51.7. The highest BCUT2D eigenvalue weighted by molar-refractivity contribution is 5.76. The molecule has 1 aliphatic rings. The zero-order valence-corrected chi connectivity index (χ0v) is 48.4. The van der Waals surface area contributed by atoms with Gasteiger partial charge in [0.25, 0.3) is 0 Å². The van der Waals surface area contributed by atoms with Crippen LogP contribution in [0.5, 0.6) is 0 Å². The number of unbranched alkanes of at least 4 members (excludes halogenated alkanes) is 39. The maximum atomic E-state index is 13.1. The second-order valence-electron chi connectivity index (χ2n) is 22.2. The predicted molar refractivity (Wildman–Crippen MR) is 313 cm³/mol. The summed E-state index contributed by atoms with van der Waals surface area (Å²) in [6.45, 7) is 3.77. The van der Waals surface area contributed by atoms with Crippen LogP contribution in [-0.2, 0) is 14.3 Å². The highest BCUT2D eigenvalue weighted by atomic mass is 16.7. The van der Waals surface area contributed by atoms with Gasteiger partial charge < -0.3 is 40.3 Å². The van der Waals surface area contributed by atoms with Crippen molar-refractivity contribution in [3.8, 4) is 0 Å². The van der Waals surface area contributed by atoms with E-state index in [1.54, 1.807) is 6.08 Å². The van der Waals surface area contributed by atoms with Crippen molar-refractivity contribution in [1.29, 1.82) is 0 Å². The average molecular weight is 1040 g/mol. The Morgan fingerprint density at radius 2 is 0.811 bits per heavy atom. The molecule has 0 bridgehead atoms. The number of ether oxygens (including phenoxy) is 2. The first-order valence-electron chi connectivity index (χ1n) is 31.9. The molecule has 1 fully saturated rings. The molecule has 434 valence electrons. The molecule has 0 saturated carbocycles. The molecule has 1 heterocycles. The lowest BCUT2D eigenvalue weighted by molar-refractivity contribution is -0.302. The molecule has 7 atom stereocenters. The van der Waals surface area contributed by atoms with E-state index in [-0.39, 0.29) is 12.5 Å². The summed E-state index contributed by atoms with van der Waals surface area (Å²) in [6.07, 6.45) is 66.4. The summed E-state index contributed by atoms with van der Waals surface area (Å²) < 4.78 is 11.3. The minimum atomic E-state index is -1.57. The number of amides is 1. The molecule has 7 unspecified atom stereocenters. The summed E-state index contributed by atoms with van der Waals surface area (Å²) >= 11 is 0. The van der Waals surface area contributed by atoms with E-state index in [0.717, 1.165) is 44.9 Å². The van der Waals surface area contributed by atoms with Gasteiger partial charge in [-0.25, -0.2) is 0 Å². The summed E-state index contributed by atoms with van der Waals surface area (Å²) in [5.74, 6) is -0.182. The fourth-order valence-electron chi connectivity index (χ4n) is 10.1. The third-order valence-corrected chi connectivity index (χ3v) is 15.1. The number of aliphatic hydroxyl groups is 5. The molecule has 0 aromatic heterocycles. The summed E-state index contributed by atoms with van der Waals surface area (Å²) in [4.78, 5) is 13.1. The number of aliphatic hydroxyl groups excluding tert-OH is 5. The van der Waals surface area contributed by atoms with Crippen molar-refractivity contribution in [1.82, 2.24) is 5.32 Å². The van der Waals surface area contributed by atoms with E-state index in [1.165, 1.54) is 238 Å². The molecule has 9 nitrogen and oxygen atoms in total. The van der Waals surface area contributed by atoms with Crippen LogP contribution in [0.2, 0.25) is 0 Å². The molecule has 0 radical (unpaired) electrons.